The van der Waals surface area contributed by atoms with Gasteiger partial charge in [-0.1, -0.05) is 18.2 Å². The number of benzene rings is 2. The zero-order valence-corrected chi connectivity index (χ0v) is 18.8. The van der Waals surface area contributed by atoms with Crippen molar-refractivity contribution in [3.05, 3.63) is 95.6 Å². The summed E-state index contributed by atoms with van der Waals surface area (Å²) in [6.45, 7) is 4.06. The summed E-state index contributed by atoms with van der Waals surface area (Å²) in [6.07, 6.45) is 1.43. The minimum Gasteiger partial charge on any atom is -0.459 e. The maximum Gasteiger partial charge on any atom is 0.293 e. The molecule has 4 aromatic rings. The van der Waals surface area contributed by atoms with Gasteiger partial charge in [-0.3, -0.25) is 14.9 Å². The highest BCUT2D eigenvalue weighted by atomic mass is 32.1. The molecule has 0 saturated heterocycles. The first kappa shape index (κ1) is 22.0. The zero-order chi connectivity index (χ0) is 23.4. The fourth-order valence-electron chi connectivity index (χ4n) is 3.11. The Kier molecular flexibility index (Phi) is 6.37. The number of aryl methyl sites for hydroxylation is 2. The molecular weight excluding hydrogens is 438 g/mol. The lowest BCUT2D eigenvalue weighted by molar-refractivity contribution is 0.0950. The summed E-state index contributed by atoms with van der Waals surface area (Å²) in [5.41, 5.74) is 4.35. The van der Waals surface area contributed by atoms with Gasteiger partial charge in [0, 0.05) is 16.9 Å². The second-order valence-corrected chi connectivity index (χ2v) is 7.79. The molecule has 4 rings (SSSR count). The summed E-state index contributed by atoms with van der Waals surface area (Å²) >= 11 is 5.25. The Hall–Kier alpha value is -4.17. The zero-order valence-electron chi connectivity index (χ0n) is 18.0. The lowest BCUT2D eigenvalue weighted by Crippen LogP contribution is -2.33. The predicted octanol–water partition coefficient (Wildman–Crippen LogP) is 5.54. The van der Waals surface area contributed by atoms with Gasteiger partial charge in [0.2, 0.25) is 0 Å². The third kappa shape index (κ3) is 5.36. The van der Waals surface area contributed by atoms with E-state index in [2.05, 4.69) is 16.0 Å². The van der Waals surface area contributed by atoms with E-state index in [1.807, 2.05) is 32.0 Å². The Labute approximate surface area is 195 Å². The molecule has 7 nitrogen and oxygen atoms in total. The highest BCUT2D eigenvalue weighted by molar-refractivity contribution is 7.80. The molecule has 0 saturated carbocycles. The summed E-state index contributed by atoms with van der Waals surface area (Å²) in [7, 11) is 0. The maximum atomic E-state index is 12.6. The minimum atomic E-state index is -0.468. The molecule has 2 amide bonds. The Morgan fingerprint density at radius 2 is 1.58 bits per heavy atom. The van der Waals surface area contributed by atoms with Crippen LogP contribution in [0.15, 0.2) is 81.8 Å². The quantitative estimate of drug-likeness (QED) is 0.339. The summed E-state index contributed by atoms with van der Waals surface area (Å²) in [5.74, 6) is 0.110. The van der Waals surface area contributed by atoms with Crippen LogP contribution >= 0.6 is 12.2 Å². The van der Waals surface area contributed by atoms with Crippen LogP contribution in [0.25, 0.3) is 11.3 Å². The number of rotatable bonds is 5. The number of anilines is 2. The van der Waals surface area contributed by atoms with E-state index in [0.717, 1.165) is 11.1 Å². The topological polar surface area (TPSA) is 96.5 Å². The standard InChI is InChI=1S/C25H21N3O4S/c1-15-8-9-17(13-16(15)2)20-10-11-22(32-20)24(30)28-25(33)27-19-6-3-5-18(14-19)26-23(29)21-7-4-12-31-21/h3-14H,1-2H3,(H,26,29)(H2,27,28,30,33). The van der Waals surface area contributed by atoms with Crippen LogP contribution in [-0.2, 0) is 0 Å². The number of nitrogens with one attached hydrogen (secondary N) is 3. The molecule has 0 aliphatic heterocycles. The Morgan fingerprint density at radius 1 is 0.788 bits per heavy atom. The molecule has 0 atom stereocenters. The first-order valence-electron chi connectivity index (χ1n) is 10.1. The molecular formula is C25H21N3O4S. The summed E-state index contributed by atoms with van der Waals surface area (Å²) in [4.78, 5) is 24.7. The van der Waals surface area contributed by atoms with Crippen LogP contribution in [0.1, 0.15) is 32.2 Å². The number of amides is 2. The minimum absolute atomic E-state index is 0.0960. The van der Waals surface area contributed by atoms with Gasteiger partial charge in [-0.15, -0.1) is 0 Å². The van der Waals surface area contributed by atoms with Crippen LogP contribution in [0.3, 0.4) is 0 Å². The van der Waals surface area contributed by atoms with Crippen molar-refractivity contribution >= 4 is 40.5 Å². The lowest BCUT2D eigenvalue weighted by atomic mass is 10.1. The molecule has 33 heavy (non-hydrogen) atoms. The van der Waals surface area contributed by atoms with Crippen molar-refractivity contribution in [2.24, 2.45) is 0 Å². The molecule has 2 aromatic carbocycles. The fraction of sp³-hybridized carbons (Fsp3) is 0.0800. The Balaban J connectivity index is 1.37. The van der Waals surface area contributed by atoms with E-state index in [1.54, 1.807) is 48.5 Å². The number of thiocarbonyl (C=S) groups is 1. The highest BCUT2D eigenvalue weighted by Crippen LogP contribution is 2.24. The van der Waals surface area contributed by atoms with Crippen molar-refractivity contribution in [1.82, 2.24) is 5.32 Å². The van der Waals surface area contributed by atoms with Crippen molar-refractivity contribution in [2.75, 3.05) is 10.6 Å². The van der Waals surface area contributed by atoms with E-state index in [0.29, 0.717) is 17.1 Å². The predicted molar refractivity (Wildman–Crippen MR) is 130 cm³/mol. The van der Waals surface area contributed by atoms with Gasteiger partial charge >= 0.3 is 0 Å². The van der Waals surface area contributed by atoms with Gasteiger partial charge in [0.25, 0.3) is 11.8 Å². The second kappa shape index (κ2) is 9.54. The largest absolute Gasteiger partial charge is 0.459 e. The van der Waals surface area contributed by atoms with E-state index in [1.165, 1.54) is 11.8 Å². The molecule has 8 heteroatoms. The molecule has 0 aliphatic carbocycles. The van der Waals surface area contributed by atoms with Crippen molar-refractivity contribution in [2.45, 2.75) is 13.8 Å². The molecule has 0 fully saturated rings. The Bertz CT molecular complexity index is 1330. The number of furan rings is 2. The SMILES string of the molecule is Cc1ccc(-c2ccc(C(=O)NC(=S)Nc3cccc(NC(=O)c4ccco4)c3)o2)cc1C. The normalized spacial score (nSPS) is 10.5. The summed E-state index contributed by atoms with van der Waals surface area (Å²) < 4.78 is 10.8. The number of hydrogen-bond donors (Lipinski definition) is 3. The molecule has 166 valence electrons. The summed E-state index contributed by atoms with van der Waals surface area (Å²) in [6, 6.07) is 19.4. The van der Waals surface area contributed by atoms with Crippen LogP contribution in [-0.4, -0.2) is 16.9 Å². The number of hydrogen-bond acceptors (Lipinski definition) is 5. The third-order valence-corrected chi connectivity index (χ3v) is 5.18. The van der Waals surface area contributed by atoms with E-state index < -0.39 is 5.91 Å². The lowest BCUT2D eigenvalue weighted by Gasteiger charge is -2.10. The first-order valence-corrected chi connectivity index (χ1v) is 10.5. The van der Waals surface area contributed by atoms with Crippen molar-refractivity contribution in [3.8, 4) is 11.3 Å². The van der Waals surface area contributed by atoms with Gasteiger partial charge in [-0.2, -0.15) is 0 Å². The summed E-state index contributed by atoms with van der Waals surface area (Å²) in [5, 5.41) is 8.35. The highest BCUT2D eigenvalue weighted by Gasteiger charge is 2.15. The number of carbonyl (C=O) groups is 2. The average molecular weight is 460 g/mol. The van der Waals surface area contributed by atoms with Crippen LogP contribution in [0, 0.1) is 13.8 Å². The van der Waals surface area contributed by atoms with Gasteiger partial charge in [0.1, 0.15) is 5.76 Å². The van der Waals surface area contributed by atoms with Gasteiger partial charge in [0.15, 0.2) is 16.6 Å². The van der Waals surface area contributed by atoms with E-state index in [4.69, 9.17) is 21.1 Å². The van der Waals surface area contributed by atoms with Gasteiger partial charge in [0.05, 0.1) is 6.26 Å². The molecule has 0 aliphatic rings. The van der Waals surface area contributed by atoms with Crippen molar-refractivity contribution < 1.29 is 18.4 Å². The van der Waals surface area contributed by atoms with Crippen molar-refractivity contribution in [3.63, 3.8) is 0 Å². The Morgan fingerprint density at radius 3 is 2.30 bits per heavy atom. The smallest absolute Gasteiger partial charge is 0.293 e. The third-order valence-electron chi connectivity index (χ3n) is 4.97. The van der Waals surface area contributed by atoms with Gasteiger partial charge in [-0.05, 0) is 85.7 Å². The molecule has 2 heterocycles. The molecule has 3 N–H and O–H groups in total. The molecule has 0 bridgehead atoms. The molecule has 0 radical (unpaired) electrons. The number of carbonyl (C=O) groups excluding carboxylic acids is 2. The molecule has 0 unspecified atom stereocenters. The van der Waals surface area contributed by atoms with E-state index in [9.17, 15) is 9.59 Å². The second-order valence-electron chi connectivity index (χ2n) is 7.38. The molecule has 0 spiro atoms. The van der Waals surface area contributed by atoms with Crippen LogP contribution in [0.5, 0.6) is 0 Å². The maximum absolute atomic E-state index is 12.6. The fourth-order valence-corrected chi connectivity index (χ4v) is 3.32. The van der Waals surface area contributed by atoms with Gasteiger partial charge < -0.3 is 19.5 Å². The van der Waals surface area contributed by atoms with Crippen LogP contribution < -0.4 is 16.0 Å². The van der Waals surface area contributed by atoms with Crippen LogP contribution in [0.2, 0.25) is 0 Å². The molecule has 2 aromatic heterocycles. The first-order chi connectivity index (χ1) is 15.9. The monoisotopic (exact) mass is 459 g/mol. The van der Waals surface area contributed by atoms with Crippen LogP contribution in [0.4, 0.5) is 11.4 Å². The van der Waals surface area contributed by atoms with Gasteiger partial charge in [-0.25, -0.2) is 0 Å². The van der Waals surface area contributed by atoms with E-state index in [-0.39, 0.29) is 22.5 Å². The van der Waals surface area contributed by atoms with Crippen molar-refractivity contribution in [1.29, 1.82) is 0 Å². The average Bonchev–Trinajstić information content (AvgIpc) is 3.48. The van der Waals surface area contributed by atoms with E-state index >= 15 is 0 Å².